The first-order valence-electron chi connectivity index (χ1n) is 3.74. The highest BCUT2D eigenvalue weighted by Crippen LogP contribution is 1.99. The molecule has 0 spiro atoms. The first-order valence-corrected chi connectivity index (χ1v) is 5.63. The number of H-pyrrole nitrogens is 1. The zero-order valence-electron chi connectivity index (χ0n) is 7.36. The highest BCUT2D eigenvalue weighted by Gasteiger charge is 2.10. The number of aryl methyl sites for hydroxylation is 1. The Morgan fingerprint density at radius 3 is 2.62 bits per heavy atom. The van der Waals surface area contributed by atoms with Crippen LogP contribution < -0.4 is 5.56 Å². The molecule has 13 heavy (non-hydrogen) atoms. The minimum absolute atomic E-state index is 0.267. The van der Waals surface area contributed by atoms with Crippen molar-refractivity contribution in [1.82, 2.24) is 9.97 Å². The number of hydrogen-bond acceptors (Lipinski definition) is 4. The standard InChI is InChI=1S/C7H10N2O3S/c1-3-5-4-6(10)9-7(8-5)13(2,11)12/h4H,3H2,1-2H3,(H,8,9,10). The van der Waals surface area contributed by atoms with Crippen molar-refractivity contribution in [2.75, 3.05) is 6.26 Å². The molecule has 0 radical (unpaired) electrons. The Labute approximate surface area is 75.8 Å². The van der Waals surface area contributed by atoms with Gasteiger partial charge >= 0.3 is 0 Å². The average molecular weight is 202 g/mol. The molecule has 0 aromatic carbocycles. The van der Waals surface area contributed by atoms with Crippen LogP contribution in [0.4, 0.5) is 0 Å². The van der Waals surface area contributed by atoms with E-state index in [9.17, 15) is 13.2 Å². The molecule has 1 aromatic rings. The van der Waals surface area contributed by atoms with E-state index in [4.69, 9.17) is 0 Å². The van der Waals surface area contributed by atoms with Crippen molar-refractivity contribution in [1.29, 1.82) is 0 Å². The van der Waals surface area contributed by atoms with E-state index in [0.717, 1.165) is 6.26 Å². The van der Waals surface area contributed by atoms with Gasteiger partial charge in [-0.15, -0.1) is 0 Å². The van der Waals surface area contributed by atoms with E-state index in [1.165, 1.54) is 6.07 Å². The molecule has 6 heteroatoms. The van der Waals surface area contributed by atoms with Crippen molar-refractivity contribution in [2.24, 2.45) is 0 Å². The van der Waals surface area contributed by atoms with Gasteiger partial charge in [-0.3, -0.25) is 9.78 Å². The van der Waals surface area contributed by atoms with Gasteiger partial charge in [0.2, 0.25) is 15.0 Å². The fraction of sp³-hybridized carbons (Fsp3) is 0.429. The van der Waals surface area contributed by atoms with E-state index >= 15 is 0 Å². The Balaban J connectivity index is 3.42. The maximum absolute atomic E-state index is 11.0. The van der Waals surface area contributed by atoms with Crippen LogP contribution in [0.15, 0.2) is 16.0 Å². The van der Waals surface area contributed by atoms with Crippen molar-refractivity contribution in [3.8, 4) is 0 Å². The van der Waals surface area contributed by atoms with Crippen LogP contribution in [-0.2, 0) is 16.3 Å². The van der Waals surface area contributed by atoms with E-state index in [1.807, 2.05) is 0 Å². The Hall–Kier alpha value is -1.17. The van der Waals surface area contributed by atoms with Crippen molar-refractivity contribution in [2.45, 2.75) is 18.5 Å². The highest BCUT2D eigenvalue weighted by atomic mass is 32.2. The van der Waals surface area contributed by atoms with Crippen molar-refractivity contribution < 1.29 is 8.42 Å². The third kappa shape index (κ3) is 2.38. The number of aromatic amines is 1. The monoisotopic (exact) mass is 202 g/mol. The summed E-state index contributed by atoms with van der Waals surface area (Å²) in [4.78, 5) is 16.9. The second-order valence-electron chi connectivity index (χ2n) is 2.67. The average Bonchev–Trinajstić information content (AvgIpc) is 2.01. The summed E-state index contributed by atoms with van der Waals surface area (Å²) in [7, 11) is -3.42. The molecular formula is C7H10N2O3S. The maximum atomic E-state index is 11.0. The van der Waals surface area contributed by atoms with Crippen LogP contribution in [-0.4, -0.2) is 24.6 Å². The molecule has 0 aliphatic rings. The van der Waals surface area contributed by atoms with E-state index in [1.54, 1.807) is 6.92 Å². The molecular weight excluding hydrogens is 192 g/mol. The SMILES string of the molecule is CCc1cc(=O)[nH]c(S(C)(=O)=O)n1. The van der Waals surface area contributed by atoms with Crippen molar-refractivity contribution >= 4 is 9.84 Å². The van der Waals surface area contributed by atoms with Crippen LogP contribution in [0, 0.1) is 0 Å². The van der Waals surface area contributed by atoms with Crippen LogP contribution in [0.3, 0.4) is 0 Å². The Kier molecular flexibility index (Phi) is 2.51. The Morgan fingerprint density at radius 1 is 1.54 bits per heavy atom. The number of rotatable bonds is 2. The number of aromatic nitrogens is 2. The Bertz CT molecular complexity index is 461. The molecule has 0 bridgehead atoms. The van der Waals surface area contributed by atoms with Gasteiger partial charge in [-0.2, -0.15) is 0 Å². The molecule has 1 aromatic heterocycles. The lowest BCUT2D eigenvalue weighted by atomic mass is 10.3. The molecule has 0 fully saturated rings. The summed E-state index contributed by atoms with van der Waals surface area (Å²) >= 11 is 0. The molecule has 72 valence electrons. The Morgan fingerprint density at radius 2 is 2.15 bits per heavy atom. The number of sulfone groups is 1. The molecule has 0 aliphatic carbocycles. The molecule has 0 saturated heterocycles. The zero-order chi connectivity index (χ0) is 10.1. The molecule has 0 amide bonds. The van der Waals surface area contributed by atoms with Crippen LogP contribution in [0.5, 0.6) is 0 Å². The summed E-state index contributed by atoms with van der Waals surface area (Å²) < 4.78 is 22.0. The van der Waals surface area contributed by atoms with Crippen LogP contribution in [0.1, 0.15) is 12.6 Å². The van der Waals surface area contributed by atoms with E-state index in [0.29, 0.717) is 12.1 Å². The molecule has 5 nitrogen and oxygen atoms in total. The summed E-state index contributed by atoms with van der Waals surface area (Å²) in [6.45, 7) is 1.80. The predicted molar refractivity (Wildman–Crippen MR) is 47.3 cm³/mol. The van der Waals surface area contributed by atoms with E-state index in [-0.39, 0.29) is 5.16 Å². The van der Waals surface area contributed by atoms with Crippen LogP contribution >= 0.6 is 0 Å². The molecule has 0 aliphatic heterocycles. The summed E-state index contributed by atoms with van der Waals surface area (Å²) in [5, 5.41) is -0.267. The largest absolute Gasteiger partial charge is 0.297 e. The highest BCUT2D eigenvalue weighted by molar-refractivity contribution is 7.90. The van der Waals surface area contributed by atoms with Crippen LogP contribution in [0.2, 0.25) is 0 Å². The first-order chi connectivity index (χ1) is 5.93. The summed E-state index contributed by atoms with van der Waals surface area (Å²) in [5.41, 5.74) is 0.0384. The number of nitrogens with one attached hydrogen (secondary N) is 1. The fourth-order valence-electron chi connectivity index (χ4n) is 0.840. The van der Waals surface area contributed by atoms with Crippen molar-refractivity contribution in [3.05, 3.63) is 22.1 Å². The molecule has 0 atom stereocenters. The van der Waals surface area contributed by atoms with Gasteiger partial charge in [-0.25, -0.2) is 13.4 Å². The topological polar surface area (TPSA) is 79.9 Å². The van der Waals surface area contributed by atoms with Gasteiger partial charge in [0.25, 0.3) is 5.56 Å². The lowest BCUT2D eigenvalue weighted by Gasteiger charge is -1.98. The van der Waals surface area contributed by atoms with Gasteiger partial charge in [-0.05, 0) is 6.42 Å². The van der Waals surface area contributed by atoms with Gasteiger partial charge in [-0.1, -0.05) is 6.92 Å². The summed E-state index contributed by atoms with van der Waals surface area (Å²) in [6.07, 6.45) is 1.54. The van der Waals surface area contributed by atoms with Gasteiger partial charge in [0.1, 0.15) is 0 Å². The molecule has 0 unspecified atom stereocenters. The zero-order valence-corrected chi connectivity index (χ0v) is 8.18. The minimum atomic E-state index is -3.42. The minimum Gasteiger partial charge on any atom is -0.297 e. The summed E-state index contributed by atoms with van der Waals surface area (Å²) in [5.74, 6) is 0. The van der Waals surface area contributed by atoms with E-state index < -0.39 is 15.4 Å². The third-order valence-electron chi connectivity index (χ3n) is 1.49. The maximum Gasteiger partial charge on any atom is 0.251 e. The molecule has 1 rings (SSSR count). The first kappa shape index (κ1) is 9.91. The summed E-state index contributed by atoms with van der Waals surface area (Å²) in [6, 6.07) is 1.29. The van der Waals surface area contributed by atoms with E-state index in [2.05, 4.69) is 9.97 Å². The van der Waals surface area contributed by atoms with Gasteiger partial charge < -0.3 is 0 Å². The number of hydrogen-bond donors (Lipinski definition) is 1. The third-order valence-corrected chi connectivity index (χ3v) is 2.38. The fourth-order valence-corrected chi connectivity index (χ4v) is 1.41. The lowest BCUT2D eigenvalue weighted by Crippen LogP contribution is -2.15. The second-order valence-corrected chi connectivity index (χ2v) is 4.60. The number of nitrogens with zero attached hydrogens (tertiary/aromatic N) is 1. The normalized spacial score (nSPS) is 11.5. The molecule has 1 heterocycles. The van der Waals surface area contributed by atoms with Gasteiger partial charge in [0, 0.05) is 18.0 Å². The van der Waals surface area contributed by atoms with Gasteiger partial charge in [0.15, 0.2) is 0 Å². The second kappa shape index (κ2) is 3.29. The molecule has 1 N–H and O–H groups in total. The molecule has 0 saturated carbocycles. The smallest absolute Gasteiger partial charge is 0.251 e. The van der Waals surface area contributed by atoms with Crippen molar-refractivity contribution in [3.63, 3.8) is 0 Å². The quantitative estimate of drug-likeness (QED) is 0.670. The predicted octanol–water partition coefficient (Wildman–Crippen LogP) is -0.264. The van der Waals surface area contributed by atoms with Gasteiger partial charge in [0.05, 0.1) is 0 Å². The lowest BCUT2D eigenvalue weighted by molar-refractivity contribution is 0.591. The van der Waals surface area contributed by atoms with Crippen LogP contribution in [0.25, 0.3) is 0 Å².